The van der Waals surface area contributed by atoms with Gasteiger partial charge >= 0.3 is 0 Å². The van der Waals surface area contributed by atoms with E-state index in [2.05, 4.69) is 15.5 Å². The van der Waals surface area contributed by atoms with Gasteiger partial charge in [0.15, 0.2) is 10.9 Å². The number of ether oxygens (including phenoxy) is 1. The standard InChI is InChI=1S/C17H12Cl2FN3O2S2/c18-11-5-6-14(12(19)7-11)25-8-15(24)21-16-22-23-17(27-16)26-9-10-3-1-2-4-13(10)20/h1-7H,8-9H2,(H,21,22,24). The molecule has 10 heteroatoms. The van der Waals surface area contributed by atoms with Gasteiger partial charge in [-0.2, -0.15) is 0 Å². The van der Waals surface area contributed by atoms with Gasteiger partial charge in [-0.05, 0) is 29.8 Å². The molecule has 0 bridgehead atoms. The lowest BCUT2D eigenvalue weighted by molar-refractivity contribution is -0.118. The molecule has 140 valence electrons. The Morgan fingerprint density at radius 2 is 2.04 bits per heavy atom. The van der Waals surface area contributed by atoms with Crippen molar-refractivity contribution in [2.75, 3.05) is 11.9 Å². The molecule has 3 rings (SSSR count). The summed E-state index contributed by atoms with van der Waals surface area (Å²) >= 11 is 14.3. The van der Waals surface area contributed by atoms with Crippen molar-refractivity contribution in [2.45, 2.75) is 10.1 Å². The fraction of sp³-hybridized carbons (Fsp3) is 0.118. The van der Waals surface area contributed by atoms with Crippen LogP contribution in [0.1, 0.15) is 5.56 Å². The lowest BCUT2D eigenvalue weighted by Crippen LogP contribution is -2.20. The minimum Gasteiger partial charge on any atom is -0.482 e. The van der Waals surface area contributed by atoms with Gasteiger partial charge < -0.3 is 4.74 Å². The molecule has 1 aromatic heterocycles. The third-order valence-electron chi connectivity index (χ3n) is 3.21. The number of aromatic nitrogens is 2. The van der Waals surface area contributed by atoms with Crippen LogP contribution in [0.2, 0.25) is 10.0 Å². The van der Waals surface area contributed by atoms with Crippen molar-refractivity contribution in [3.8, 4) is 5.75 Å². The van der Waals surface area contributed by atoms with E-state index < -0.39 is 5.91 Å². The quantitative estimate of drug-likeness (QED) is 0.396. The zero-order chi connectivity index (χ0) is 19.2. The summed E-state index contributed by atoms with van der Waals surface area (Å²) in [6.45, 7) is -0.237. The molecule has 1 amide bonds. The minimum absolute atomic E-state index is 0.237. The van der Waals surface area contributed by atoms with Crippen molar-refractivity contribution >= 4 is 57.3 Å². The van der Waals surface area contributed by atoms with Crippen LogP contribution in [0, 0.1) is 5.82 Å². The molecular formula is C17H12Cl2FN3O2S2. The predicted molar refractivity (Wildman–Crippen MR) is 106 cm³/mol. The molecule has 1 heterocycles. The van der Waals surface area contributed by atoms with Gasteiger partial charge in [0.2, 0.25) is 5.13 Å². The number of nitrogens with zero attached hydrogens (tertiary/aromatic N) is 2. The van der Waals surface area contributed by atoms with E-state index in [1.165, 1.54) is 35.2 Å². The monoisotopic (exact) mass is 443 g/mol. The summed E-state index contributed by atoms with van der Waals surface area (Å²) in [5, 5.41) is 11.6. The zero-order valence-corrected chi connectivity index (χ0v) is 16.8. The first-order valence-electron chi connectivity index (χ1n) is 7.58. The number of anilines is 1. The number of hydrogen-bond donors (Lipinski definition) is 1. The van der Waals surface area contributed by atoms with E-state index in [-0.39, 0.29) is 12.4 Å². The SMILES string of the molecule is O=C(COc1ccc(Cl)cc1Cl)Nc1nnc(SCc2ccccc2F)s1. The van der Waals surface area contributed by atoms with Gasteiger partial charge in [0.25, 0.3) is 5.91 Å². The van der Waals surface area contributed by atoms with Gasteiger partial charge in [-0.3, -0.25) is 10.1 Å². The number of thioether (sulfide) groups is 1. The second-order valence-electron chi connectivity index (χ2n) is 5.16. The number of rotatable bonds is 7. The molecule has 0 aliphatic rings. The van der Waals surface area contributed by atoms with Gasteiger partial charge in [-0.15, -0.1) is 10.2 Å². The summed E-state index contributed by atoms with van der Waals surface area (Å²) in [4.78, 5) is 12.0. The van der Waals surface area contributed by atoms with Crippen LogP contribution < -0.4 is 10.1 Å². The lowest BCUT2D eigenvalue weighted by Gasteiger charge is -2.07. The number of hydrogen-bond acceptors (Lipinski definition) is 6. The van der Waals surface area contributed by atoms with Crippen LogP contribution in [0.25, 0.3) is 0 Å². The van der Waals surface area contributed by atoms with E-state index in [1.54, 1.807) is 30.3 Å². The van der Waals surface area contributed by atoms with E-state index in [9.17, 15) is 9.18 Å². The van der Waals surface area contributed by atoms with Crippen LogP contribution in [0.5, 0.6) is 5.75 Å². The summed E-state index contributed by atoms with van der Waals surface area (Å²) in [7, 11) is 0. The third kappa shape index (κ3) is 5.80. The Hall–Kier alpha value is -1.87. The Morgan fingerprint density at radius 1 is 1.22 bits per heavy atom. The highest BCUT2D eigenvalue weighted by atomic mass is 35.5. The average Bonchev–Trinajstić information content (AvgIpc) is 3.07. The Kier molecular flexibility index (Phi) is 6.89. The molecule has 1 N–H and O–H groups in total. The Balaban J connectivity index is 1.49. The van der Waals surface area contributed by atoms with Crippen molar-refractivity contribution in [1.29, 1.82) is 0 Å². The molecule has 0 aliphatic carbocycles. The van der Waals surface area contributed by atoms with Crippen LogP contribution in [0.4, 0.5) is 9.52 Å². The second kappa shape index (κ2) is 9.36. The van der Waals surface area contributed by atoms with Gasteiger partial charge in [0, 0.05) is 10.8 Å². The first-order valence-corrected chi connectivity index (χ1v) is 10.1. The fourth-order valence-corrected chi connectivity index (χ4v) is 4.18. The summed E-state index contributed by atoms with van der Waals surface area (Å²) < 4.78 is 19.6. The highest BCUT2D eigenvalue weighted by molar-refractivity contribution is 8.00. The molecule has 0 fully saturated rings. The highest BCUT2D eigenvalue weighted by Gasteiger charge is 2.11. The van der Waals surface area contributed by atoms with E-state index >= 15 is 0 Å². The maximum absolute atomic E-state index is 13.6. The molecule has 0 unspecified atom stereocenters. The van der Waals surface area contributed by atoms with E-state index in [0.29, 0.717) is 36.6 Å². The van der Waals surface area contributed by atoms with Crippen LogP contribution >= 0.6 is 46.3 Å². The maximum atomic E-state index is 13.6. The molecule has 0 atom stereocenters. The van der Waals surface area contributed by atoms with Gasteiger partial charge in [-0.25, -0.2) is 4.39 Å². The topological polar surface area (TPSA) is 64.1 Å². The third-order valence-corrected chi connectivity index (χ3v) is 5.77. The number of carbonyl (C=O) groups excluding carboxylic acids is 1. The molecule has 5 nitrogen and oxygen atoms in total. The van der Waals surface area contributed by atoms with Crippen molar-refractivity contribution in [3.05, 3.63) is 63.9 Å². The highest BCUT2D eigenvalue weighted by Crippen LogP contribution is 2.29. The van der Waals surface area contributed by atoms with Crippen molar-refractivity contribution in [1.82, 2.24) is 10.2 Å². The molecule has 0 spiro atoms. The number of halogens is 3. The van der Waals surface area contributed by atoms with E-state index in [1.807, 2.05) is 0 Å². The summed E-state index contributed by atoms with van der Waals surface area (Å²) in [5.74, 6) is 0.117. The smallest absolute Gasteiger partial charge is 0.264 e. The molecule has 0 saturated heterocycles. The number of benzene rings is 2. The van der Waals surface area contributed by atoms with Crippen molar-refractivity contribution < 1.29 is 13.9 Å². The summed E-state index contributed by atoms with van der Waals surface area (Å²) in [6, 6.07) is 11.3. The Labute approximate surface area is 172 Å². The second-order valence-corrected chi connectivity index (χ2v) is 8.21. The lowest BCUT2D eigenvalue weighted by atomic mass is 10.2. The largest absolute Gasteiger partial charge is 0.482 e. The number of amides is 1. The normalized spacial score (nSPS) is 10.6. The van der Waals surface area contributed by atoms with Crippen molar-refractivity contribution in [3.63, 3.8) is 0 Å². The fourth-order valence-electron chi connectivity index (χ4n) is 1.96. The molecule has 3 aromatic rings. The van der Waals surface area contributed by atoms with Crippen LogP contribution in [-0.2, 0) is 10.5 Å². The maximum Gasteiger partial charge on any atom is 0.264 e. The van der Waals surface area contributed by atoms with Gasteiger partial charge in [0.1, 0.15) is 11.6 Å². The van der Waals surface area contributed by atoms with Gasteiger partial charge in [-0.1, -0.05) is 64.5 Å². The molecule has 2 aromatic carbocycles. The van der Waals surface area contributed by atoms with Crippen LogP contribution in [0.3, 0.4) is 0 Å². The minimum atomic E-state index is -0.400. The van der Waals surface area contributed by atoms with E-state index in [0.717, 1.165) is 0 Å². The number of nitrogens with one attached hydrogen (secondary N) is 1. The molecule has 0 saturated carbocycles. The van der Waals surface area contributed by atoms with Crippen molar-refractivity contribution in [2.24, 2.45) is 0 Å². The van der Waals surface area contributed by atoms with Crippen LogP contribution in [-0.4, -0.2) is 22.7 Å². The molecule has 0 aliphatic heterocycles. The first kappa shape index (κ1) is 19.9. The Morgan fingerprint density at radius 3 is 2.81 bits per heavy atom. The van der Waals surface area contributed by atoms with E-state index in [4.69, 9.17) is 27.9 Å². The predicted octanol–water partition coefficient (Wildman–Crippen LogP) is 5.29. The number of carbonyl (C=O) groups is 1. The molecule has 0 radical (unpaired) electrons. The van der Waals surface area contributed by atoms with Crippen LogP contribution in [0.15, 0.2) is 46.8 Å². The summed E-state index contributed by atoms with van der Waals surface area (Å²) in [5.41, 5.74) is 0.580. The molecular weight excluding hydrogens is 432 g/mol. The summed E-state index contributed by atoms with van der Waals surface area (Å²) in [6.07, 6.45) is 0. The first-order chi connectivity index (χ1) is 13.0. The average molecular weight is 444 g/mol. The van der Waals surface area contributed by atoms with Gasteiger partial charge in [0.05, 0.1) is 5.02 Å². The molecule has 27 heavy (non-hydrogen) atoms. The zero-order valence-electron chi connectivity index (χ0n) is 13.6. The Bertz CT molecular complexity index is 955.